The molecule has 18 heavy (non-hydrogen) atoms. The second kappa shape index (κ2) is 5.22. The zero-order valence-corrected chi connectivity index (χ0v) is 10.3. The fourth-order valence-electron chi connectivity index (χ4n) is 2.30. The minimum absolute atomic E-state index is 0.0289. The van der Waals surface area contributed by atoms with Crippen LogP contribution in [0.2, 0.25) is 0 Å². The molecule has 0 saturated heterocycles. The van der Waals surface area contributed by atoms with Gasteiger partial charge in [-0.1, -0.05) is 0 Å². The number of anilines is 1. The Morgan fingerprint density at radius 1 is 1.50 bits per heavy atom. The normalized spacial score (nSPS) is 22.8. The van der Waals surface area contributed by atoms with Crippen LogP contribution in [0.4, 0.5) is 11.4 Å². The van der Waals surface area contributed by atoms with E-state index in [1.807, 2.05) is 0 Å². The summed E-state index contributed by atoms with van der Waals surface area (Å²) in [5, 5.41) is 14.1. The Labute approximate surface area is 105 Å². The van der Waals surface area contributed by atoms with Crippen LogP contribution in [0, 0.1) is 10.1 Å². The number of ether oxygens (including phenoxy) is 1. The van der Waals surface area contributed by atoms with E-state index in [0.29, 0.717) is 0 Å². The van der Waals surface area contributed by atoms with Gasteiger partial charge < -0.3 is 15.8 Å². The van der Waals surface area contributed by atoms with Crippen LogP contribution in [0.25, 0.3) is 0 Å². The molecule has 0 aliphatic heterocycles. The van der Waals surface area contributed by atoms with Crippen LogP contribution in [0.5, 0.6) is 5.75 Å². The van der Waals surface area contributed by atoms with E-state index in [-0.39, 0.29) is 23.5 Å². The molecule has 2 atom stereocenters. The molecule has 0 radical (unpaired) electrons. The zero-order chi connectivity index (χ0) is 13.1. The average molecular weight is 251 g/mol. The molecule has 0 amide bonds. The SMILES string of the molecule is COc1cc(NC2CCCC2N)ccc1[N+](=O)[O-]. The Hall–Kier alpha value is -1.82. The van der Waals surface area contributed by atoms with Gasteiger partial charge in [0.1, 0.15) is 0 Å². The first-order chi connectivity index (χ1) is 8.61. The molecule has 1 aromatic carbocycles. The number of rotatable bonds is 4. The van der Waals surface area contributed by atoms with E-state index < -0.39 is 4.92 Å². The molecule has 1 fully saturated rings. The van der Waals surface area contributed by atoms with Gasteiger partial charge in [-0.2, -0.15) is 0 Å². The summed E-state index contributed by atoms with van der Waals surface area (Å²) in [4.78, 5) is 10.3. The smallest absolute Gasteiger partial charge is 0.311 e. The second-order valence-corrected chi connectivity index (χ2v) is 4.49. The molecule has 0 heterocycles. The summed E-state index contributed by atoms with van der Waals surface area (Å²) in [5.74, 6) is 0.261. The van der Waals surface area contributed by atoms with E-state index in [9.17, 15) is 10.1 Å². The number of nitrogens with zero attached hydrogens (tertiary/aromatic N) is 1. The Morgan fingerprint density at radius 2 is 2.28 bits per heavy atom. The maximum Gasteiger partial charge on any atom is 0.311 e. The number of hydrogen-bond donors (Lipinski definition) is 2. The van der Waals surface area contributed by atoms with E-state index in [1.165, 1.54) is 13.2 Å². The highest BCUT2D eigenvalue weighted by molar-refractivity contribution is 5.58. The van der Waals surface area contributed by atoms with Crippen molar-refractivity contribution in [1.82, 2.24) is 0 Å². The zero-order valence-electron chi connectivity index (χ0n) is 10.3. The Bertz CT molecular complexity index is 450. The third-order valence-corrected chi connectivity index (χ3v) is 3.30. The van der Waals surface area contributed by atoms with Gasteiger partial charge in [0.15, 0.2) is 5.75 Å². The molecule has 6 nitrogen and oxygen atoms in total. The van der Waals surface area contributed by atoms with E-state index in [4.69, 9.17) is 10.5 Å². The number of nitrogens with one attached hydrogen (secondary N) is 1. The van der Waals surface area contributed by atoms with Crippen LogP contribution >= 0.6 is 0 Å². The summed E-state index contributed by atoms with van der Waals surface area (Å²) >= 11 is 0. The van der Waals surface area contributed by atoms with Gasteiger partial charge >= 0.3 is 5.69 Å². The van der Waals surface area contributed by atoms with Crippen molar-refractivity contribution in [2.45, 2.75) is 31.3 Å². The lowest BCUT2D eigenvalue weighted by atomic mass is 10.1. The molecule has 0 bridgehead atoms. The van der Waals surface area contributed by atoms with Crippen molar-refractivity contribution in [2.75, 3.05) is 12.4 Å². The molecule has 2 rings (SSSR count). The van der Waals surface area contributed by atoms with Gasteiger partial charge in [-0.05, 0) is 25.3 Å². The van der Waals surface area contributed by atoms with Crippen molar-refractivity contribution >= 4 is 11.4 Å². The number of nitrogens with two attached hydrogens (primary N) is 1. The van der Waals surface area contributed by atoms with Gasteiger partial charge in [-0.15, -0.1) is 0 Å². The van der Waals surface area contributed by atoms with Crippen LogP contribution in [0.3, 0.4) is 0 Å². The summed E-state index contributed by atoms with van der Waals surface area (Å²) in [6.45, 7) is 0. The lowest BCUT2D eigenvalue weighted by Crippen LogP contribution is -2.35. The summed E-state index contributed by atoms with van der Waals surface area (Å²) in [6.07, 6.45) is 3.16. The molecule has 1 aromatic rings. The van der Waals surface area contributed by atoms with E-state index in [1.54, 1.807) is 12.1 Å². The molecule has 0 spiro atoms. The summed E-state index contributed by atoms with van der Waals surface area (Å²) in [6, 6.07) is 5.15. The maximum atomic E-state index is 10.8. The van der Waals surface area contributed by atoms with Crippen molar-refractivity contribution in [3.8, 4) is 5.75 Å². The molecule has 0 aromatic heterocycles. The maximum absolute atomic E-state index is 10.8. The molecule has 1 aliphatic carbocycles. The molecular weight excluding hydrogens is 234 g/mol. The van der Waals surface area contributed by atoms with E-state index in [0.717, 1.165) is 24.9 Å². The van der Waals surface area contributed by atoms with Crippen molar-refractivity contribution in [1.29, 1.82) is 0 Å². The Kier molecular flexibility index (Phi) is 3.66. The van der Waals surface area contributed by atoms with Gasteiger partial charge in [-0.3, -0.25) is 10.1 Å². The van der Waals surface area contributed by atoms with Crippen LogP contribution in [-0.2, 0) is 0 Å². The van der Waals surface area contributed by atoms with Crippen LogP contribution in [-0.4, -0.2) is 24.1 Å². The molecule has 1 aliphatic rings. The molecule has 6 heteroatoms. The Morgan fingerprint density at radius 3 is 2.83 bits per heavy atom. The summed E-state index contributed by atoms with van der Waals surface area (Å²) in [5.41, 5.74) is 6.75. The van der Waals surface area contributed by atoms with Crippen molar-refractivity contribution in [3.63, 3.8) is 0 Å². The fraction of sp³-hybridized carbons (Fsp3) is 0.500. The fourth-order valence-corrected chi connectivity index (χ4v) is 2.30. The lowest BCUT2D eigenvalue weighted by molar-refractivity contribution is -0.385. The number of benzene rings is 1. The standard InChI is InChI=1S/C12H17N3O3/c1-18-12-7-8(5-6-11(12)15(16)17)14-10-4-2-3-9(10)13/h5-7,9-10,14H,2-4,13H2,1H3. The highest BCUT2D eigenvalue weighted by atomic mass is 16.6. The van der Waals surface area contributed by atoms with Crippen LogP contribution in [0.15, 0.2) is 18.2 Å². The third-order valence-electron chi connectivity index (χ3n) is 3.30. The van der Waals surface area contributed by atoms with Gasteiger partial charge in [-0.25, -0.2) is 0 Å². The molecule has 3 N–H and O–H groups in total. The van der Waals surface area contributed by atoms with E-state index >= 15 is 0 Å². The van der Waals surface area contributed by atoms with Crippen molar-refractivity contribution in [2.24, 2.45) is 5.73 Å². The molecule has 1 saturated carbocycles. The van der Waals surface area contributed by atoms with Crippen LogP contribution < -0.4 is 15.8 Å². The van der Waals surface area contributed by atoms with Gasteiger partial charge in [0.2, 0.25) is 0 Å². The number of hydrogen-bond acceptors (Lipinski definition) is 5. The minimum atomic E-state index is -0.454. The predicted octanol–water partition coefficient (Wildman–Crippen LogP) is 1.90. The largest absolute Gasteiger partial charge is 0.490 e. The lowest BCUT2D eigenvalue weighted by Gasteiger charge is -2.18. The highest BCUT2D eigenvalue weighted by Gasteiger charge is 2.24. The summed E-state index contributed by atoms with van der Waals surface area (Å²) in [7, 11) is 1.42. The first-order valence-electron chi connectivity index (χ1n) is 5.96. The van der Waals surface area contributed by atoms with Gasteiger partial charge in [0.05, 0.1) is 12.0 Å². The van der Waals surface area contributed by atoms with Gasteiger partial charge in [0, 0.05) is 29.9 Å². The van der Waals surface area contributed by atoms with Gasteiger partial charge in [0.25, 0.3) is 0 Å². The first-order valence-corrected chi connectivity index (χ1v) is 5.96. The number of nitro groups is 1. The molecular formula is C12H17N3O3. The monoisotopic (exact) mass is 251 g/mol. The highest BCUT2D eigenvalue weighted by Crippen LogP contribution is 2.31. The molecule has 2 unspecified atom stereocenters. The molecule has 98 valence electrons. The predicted molar refractivity (Wildman–Crippen MR) is 68.9 cm³/mol. The summed E-state index contributed by atoms with van der Waals surface area (Å²) < 4.78 is 5.03. The third kappa shape index (κ3) is 2.53. The van der Waals surface area contributed by atoms with E-state index in [2.05, 4.69) is 5.32 Å². The second-order valence-electron chi connectivity index (χ2n) is 4.49. The topological polar surface area (TPSA) is 90.4 Å². The average Bonchev–Trinajstić information content (AvgIpc) is 2.74. The minimum Gasteiger partial charge on any atom is -0.490 e. The van der Waals surface area contributed by atoms with Crippen LogP contribution in [0.1, 0.15) is 19.3 Å². The van der Waals surface area contributed by atoms with Crippen molar-refractivity contribution < 1.29 is 9.66 Å². The van der Waals surface area contributed by atoms with Crippen molar-refractivity contribution in [3.05, 3.63) is 28.3 Å². The quantitative estimate of drug-likeness (QED) is 0.630. The first kappa shape index (κ1) is 12.6. The Balaban J connectivity index is 2.17. The number of nitro benzene ring substituents is 1. The number of methoxy groups -OCH3 is 1.